The van der Waals surface area contributed by atoms with Gasteiger partial charge in [0.25, 0.3) is 0 Å². The highest BCUT2D eigenvalue weighted by molar-refractivity contribution is 5.48. The van der Waals surface area contributed by atoms with E-state index in [2.05, 4.69) is 0 Å². The quantitative estimate of drug-likeness (QED) is 0.399. The van der Waals surface area contributed by atoms with E-state index in [1.54, 1.807) is 0 Å². The van der Waals surface area contributed by atoms with Crippen molar-refractivity contribution >= 4 is 5.69 Å². The summed E-state index contributed by atoms with van der Waals surface area (Å²) in [6.07, 6.45) is 1.36. The Morgan fingerprint density at radius 3 is 2.50 bits per heavy atom. The Kier molecular flexibility index (Phi) is 2.19. The van der Waals surface area contributed by atoms with Gasteiger partial charge in [-0.15, -0.1) is 0 Å². The van der Waals surface area contributed by atoms with Crippen LogP contribution in [-0.4, -0.2) is 0 Å². The zero-order chi connectivity index (χ0) is 9.14. The molecule has 0 aromatic heterocycles. The van der Waals surface area contributed by atoms with E-state index in [0.717, 1.165) is 0 Å². The number of hydrogen-bond acceptors (Lipinski definition) is 2. The van der Waals surface area contributed by atoms with Crippen molar-refractivity contribution in [3.05, 3.63) is 29.6 Å². The van der Waals surface area contributed by atoms with Gasteiger partial charge in [-0.05, 0) is 0 Å². The molecule has 1 aromatic rings. The second-order valence-corrected chi connectivity index (χ2v) is 1.99. The van der Waals surface area contributed by atoms with Crippen LogP contribution in [0, 0.1) is 28.9 Å². The van der Waals surface area contributed by atoms with Gasteiger partial charge >= 0.3 is 0 Å². The van der Waals surface area contributed by atoms with Gasteiger partial charge in [0.15, 0.2) is 17.8 Å². The molecule has 0 atom stereocenters. The Hall–Kier alpha value is -1.70. The lowest BCUT2D eigenvalue weighted by molar-refractivity contribution is 0.498. The van der Waals surface area contributed by atoms with Crippen LogP contribution >= 0.6 is 0 Å². The highest BCUT2D eigenvalue weighted by Crippen LogP contribution is 2.18. The molecule has 0 spiro atoms. The Morgan fingerprint density at radius 2 is 1.92 bits per heavy atom. The minimum atomic E-state index is -1.33. The van der Waals surface area contributed by atoms with Crippen molar-refractivity contribution < 1.29 is 13.2 Å². The number of halogens is 3. The number of nitrogens with zero attached hydrogens (tertiary/aromatic N) is 1. The van der Waals surface area contributed by atoms with Crippen molar-refractivity contribution in [2.24, 2.45) is 0 Å². The van der Waals surface area contributed by atoms with Crippen LogP contribution in [0.15, 0.2) is 12.1 Å². The average molecular weight is 172 g/mol. The van der Waals surface area contributed by atoms with Gasteiger partial charge in [0, 0.05) is 12.1 Å². The number of anilines is 1. The molecule has 0 aliphatic carbocycles. The molecule has 0 aliphatic heterocycles. The lowest BCUT2D eigenvalue weighted by Gasteiger charge is -1.99. The van der Waals surface area contributed by atoms with E-state index in [0.29, 0.717) is 12.1 Å². The fourth-order valence-electron chi connectivity index (χ4n) is 0.707. The number of nitrogens with one attached hydrogen (secondary N) is 1. The van der Waals surface area contributed by atoms with Crippen LogP contribution in [0.2, 0.25) is 0 Å². The highest BCUT2D eigenvalue weighted by Gasteiger charge is 2.09. The van der Waals surface area contributed by atoms with Crippen LogP contribution < -0.4 is 5.32 Å². The summed E-state index contributed by atoms with van der Waals surface area (Å²) < 4.78 is 37.4. The predicted octanol–water partition coefficient (Wildman–Crippen LogP) is 2.00. The van der Waals surface area contributed by atoms with Gasteiger partial charge in [0.05, 0.1) is 5.69 Å². The Bertz CT molecular complexity index is 343. The van der Waals surface area contributed by atoms with Gasteiger partial charge in [-0.2, -0.15) is 5.26 Å². The molecule has 0 saturated heterocycles. The van der Waals surface area contributed by atoms with Crippen molar-refractivity contribution in [3.8, 4) is 6.19 Å². The van der Waals surface area contributed by atoms with Crippen LogP contribution in [0.5, 0.6) is 0 Å². The van der Waals surface area contributed by atoms with Crippen molar-refractivity contribution in [2.75, 3.05) is 5.32 Å². The fraction of sp³-hybridized carbons (Fsp3) is 0. The summed E-state index contributed by atoms with van der Waals surface area (Å²) >= 11 is 0. The standard InChI is InChI=1S/C7H3F3N2/c8-4-1-5(9)7(10)6(2-4)12-3-11/h1-2,12H. The first-order valence-electron chi connectivity index (χ1n) is 2.95. The van der Waals surface area contributed by atoms with Crippen molar-refractivity contribution in [1.29, 1.82) is 5.26 Å². The summed E-state index contributed by atoms with van der Waals surface area (Å²) in [5, 5.41) is 9.86. The zero-order valence-electron chi connectivity index (χ0n) is 5.74. The lowest BCUT2D eigenvalue weighted by atomic mass is 10.3. The van der Waals surface area contributed by atoms with E-state index in [9.17, 15) is 13.2 Å². The van der Waals surface area contributed by atoms with Crippen molar-refractivity contribution in [1.82, 2.24) is 0 Å². The van der Waals surface area contributed by atoms with Crippen LogP contribution in [0.3, 0.4) is 0 Å². The second-order valence-electron chi connectivity index (χ2n) is 1.99. The number of benzene rings is 1. The molecule has 0 saturated carbocycles. The summed E-state index contributed by atoms with van der Waals surface area (Å²) in [5.74, 6) is -3.53. The first-order valence-corrected chi connectivity index (χ1v) is 2.95. The maximum absolute atomic E-state index is 12.6. The molecule has 0 unspecified atom stereocenters. The minimum Gasteiger partial charge on any atom is -0.290 e. The molecule has 12 heavy (non-hydrogen) atoms. The second kappa shape index (κ2) is 3.13. The molecule has 0 heterocycles. The Labute approximate surface area is 66.2 Å². The predicted molar refractivity (Wildman–Crippen MR) is 35.6 cm³/mol. The van der Waals surface area contributed by atoms with Crippen LogP contribution in [0.25, 0.3) is 0 Å². The third kappa shape index (κ3) is 1.48. The third-order valence-corrected chi connectivity index (χ3v) is 1.18. The largest absolute Gasteiger partial charge is 0.290 e. The summed E-state index contributed by atoms with van der Waals surface area (Å²) in [7, 11) is 0. The van der Waals surface area contributed by atoms with Gasteiger partial charge in [-0.25, -0.2) is 13.2 Å². The zero-order valence-corrected chi connectivity index (χ0v) is 5.74. The molecule has 1 rings (SSSR count). The molecule has 2 nitrogen and oxygen atoms in total. The molecule has 0 amide bonds. The van der Waals surface area contributed by atoms with E-state index < -0.39 is 23.1 Å². The average Bonchev–Trinajstić information content (AvgIpc) is 2.00. The molecule has 0 aliphatic rings. The summed E-state index contributed by atoms with van der Waals surface area (Å²) in [5.41, 5.74) is -0.505. The lowest BCUT2D eigenvalue weighted by Crippen LogP contribution is -1.96. The first kappa shape index (κ1) is 8.40. The molecule has 0 fully saturated rings. The van der Waals surface area contributed by atoms with E-state index in [4.69, 9.17) is 5.26 Å². The molecule has 5 heteroatoms. The van der Waals surface area contributed by atoms with Crippen LogP contribution in [0.4, 0.5) is 18.9 Å². The first-order chi connectivity index (χ1) is 5.65. The molecular weight excluding hydrogens is 169 g/mol. The molecule has 1 N–H and O–H groups in total. The monoisotopic (exact) mass is 172 g/mol. The summed E-state index contributed by atoms with van der Waals surface area (Å²) in [6.45, 7) is 0. The maximum atomic E-state index is 12.6. The summed E-state index contributed by atoms with van der Waals surface area (Å²) in [6, 6.07) is 1.10. The van der Waals surface area contributed by atoms with E-state index >= 15 is 0 Å². The summed E-state index contributed by atoms with van der Waals surface area (Å²) in [4.78, 5) is 0. The molecule has 0 bridgehead atoms. The minimum absolute atomic E-state index is 0.401. The smallest absolute Gasteiger partial charge is 0.183 e. The SMILES string of the molecule is N#CNc1cc(F)cc(F)c1F. The highest BCUT2D eigenvalue weighted by atomic mass is 19.2. The third-order valence-electron chi connectivity index (χ3n) is 1.18. The normalized spacial score (nSPS) is 9.17. The van der Waals surface area contributed by atoms with E-state index in [-0.39, 0.29) is 0 Å². The van der Waals surface area contributed by atoms with Crippen molar-refractivity contribution in [2.45, 2.75) is 0 Å². The Morgan fingerprint density at radius 1 is 1.25 bits per heavy atom. The number of nitriles is 1. The van der Waals surface area contributed by atoms with Gasteiger partial charge < -0.3 is 0 Å². The van der Waals surface area contributed by atoms with E-state index in [1.807, 2.05) is 5.32 Å². The van der Waals surface area contributed by atoms with Gasteiger partial charge in [0.1, 0.15) is 5.82 Å². The Balaban J connectivity index is 3.20. The van der Waals surface area contributed by atoms with Gasteiger partial charge in [-0.1, -0.05) is 0 Å². The van der Waals surface area contributed by atoms with Crippen molar-refractivity contribution in [3.63, 3.8) is 0 Å². The number of hydrogen-bond donors (Lipinski definition) is 1. The molecule has 62 valence electrons. The molecular formula is C7H3F3N2. The van der Waals surface area contributed by atoms with E-state index in [1.165, 1.54) is 6.19 Å². The van der Waals surface area contributed by atoms with Gasteiger partial charge in [-0.3, -0.25) is 5.32 Å². The fourth-order valence-corrected chi connectivity index (χ4v) is 0.707. The molecule has 0 radical (unpaired) electrons. The van der Waals surface area contributed by atoms with Crippen LogP contribution in [0.1, 0.15) is 0 Å². The van der Waals surface area contributed by atoms with Crippen LogP contribution in [-0.2, 0) is 0 Å². The van der Waals surface area contributed by atoms with Gasteiger partial charge in [0.2, 0.25) is 0 Å². The number of rotatable bonds is 1. The maximum Gasteiger partial charge on any atom is 0.183 e. The molecule has 1 aromatic carbocycles. The topological polar surface area (TPSA) is 35.8 Å².